The van der Waals surface area contributed by atoms with E-state index in [-0.39, 0.29) is 25.0 Å². The van der Waals surface area contributed by atoms with Crippen LogP contribution in [0.1, 0.15) is 28.8 Å². The van der Waals surface area contributed by atoms with Gasteiger partial charge in [-0.3, -0.25) is 19.2 Å². The Morgan fingerprint density at radius 1 is 1.05 bits per heavy atom. The first-order chi connectivity index (χ1) is 19.9. The SMILES string of the molecule is COc1cccc2[nH]cc(C(=O)NC(C(=O)N[C@@H](CN3CCNC3=O)C(=O)C(=O)NCc3ccccc3)C3CC3)c12. The Morgan fingerprint density at radius 3 is 2.51 bits per heavy atom. The molecule has 5 amide bonds. The molecule has 2 aromatic carbocycles. The van der Waals surface area contributed by atoms with E-state index in [1.165, 1.54) is 12.0 Å². The van der Waals surface area contributed by atoms with E-state index in [1.54, 1.807) is 18.3 Å². The Labute approximate surface area is 236 Å². The minimum Gasteiger partial charge on any atom is -0.496 e. The molecule has 2 atom stereocenters. The average Bonchev–Trinajstić information content (AvgIpc) is 3.61. The molecule has 12 heteroatoms. The number of carbonyl (C=O) groups excluding carboxylic acids is 5. The van der Waals surface area contributed by atoms with Gasteiger partial charge in [-0.25, -0.2) is 4.79 Å². The van der Waals surface area contributed by atoms with Gasteiger partial charge < -0.3 is 35.9 Å². The maximum Gasteiger partial charge on any atom is 0.317 e. The number of aromatic nitrogens is 1. The summed E-state index contributed by atoms with van der Waals surface area (Å²) in [5.41, 5.74) is 1.83. The van der Waals surface area contributed by atoms with Crippen LogP contribution in [0.25, 0.3) is 10.9 Å². The van der Waals surface area contributed by atoms with E-state index in [1.807, 2.05) is 36.4 Å². The molecule has 214 valence electrons. The van der Waals surface area contributed by atoms with Gasteiger partial charge in [0.25, 0.3) is 11.8 Å². The van der Waals surface area contributed by atoms with Crippen molar-refractivity contribution in [3.05, 3.63) is 65.9 Å². The Balaban J connectivity index is 1.31. The van der Waals surface area contributed by atoms with Crippen LogP contribution in [0.3, 0.4) is 0 Å². The molecule has 0 radical (unpaired) electrons. The molecule has 0 bridgehead atoms. The molecule has 1 saturated carbocycles. The number of benzene rings is 2. The lowest BCUT2D eigenvalue weighted by Gasteiger charge is -2.25. The largest absolute Gasteiger partial charge is 0.496 e. The molecule has 1 aliphatic heterocycles. The molecule has 2 fully saturated rings. The molecule has 2 aliphatic rings. The summed E-state index contributed by atoms with van der Waals surface area (Å²) >= 11 is 0. The number of nitrogens with one attached hydrogen (secondary N) is 5. The molecule has 0 spiro atoms. The molecule has 5 N–H and O–H groups in total. The quantitative estimate of drug-likeness (QED) is 0.208. The number of ether oxygens (including phenoxy) is 1. The van der Waals surface area contributed by atoms with E-state index in [0.717, 1.165) is 18.4 Å². The van der Waals surface area contributed by atoms with Crippen LogP contribution in [0.4, 0.5) is 4.79 Å². The second-order valence-corrected chi connectivity index (χ2v) is 10.1. The number of hydrogen-bond acceptors (Lipinski definition) is 6. The Kier molecular flexibility index (Phi) is 8.18. The third-order valence-corrected chi connectivity index (χ3v) is 7.30. The highest BCUT2D eigenvalue weighted by Crippen LogP contribution is 2.34. The summed E-state index contributed by atoms with van der Waals surface area (Å²) in [6.07, 6.45) is 3.00. The van der Waals surface area contributed by atoms with Crippen molar-refractivity contribution in [2.45, 2.75) is 31.5 Å². The predicted octanol–water partition coefficient (Wildman–Crippen LogP) is 1.08. The Morgan fingerprint density at radius 2 is 1.83 bits per heavy atom. The lowest BCUT2D eigenvalue weighted by atomic mass is 10.1. The number of urea groups is 1. The van der Waals surface area contributed by atoms with Gasteiger partial charge in [-0.2, -0.15) is 0 Å². The second kappa shape index (κ2) is 12.1. The van der Waals surface area contributed by atoms with E-state index in [2.05, 4.69) is 26.3 Å². The van der Waals surface area contributed by atoms with Crippen molar-refractivity contribution < 1.29 is 28.7 Å². The lowest BCUT2D eigenvalue weighted by Crippen LogP contribution is -2.57. The van der Waals surface area contributed by atoms with Crippen LogP contribution in [0.2, 0.25) is 0 Å². The maximum atomic E-state index is 13.5. The fourth-order valence-electron chi connectivity index (χ4n) is 4.93. The molecule has 1 aromatic heterocycles. The molecule has 12 nitrogen and oxygen atoms in total. The number of carbonyl (C=O) groups is 5. The summed E-state index contributed by atoms with van der Waals surface area (Å²) in [7, 11) is 1.51. The third kappa shape index (κ3) is 6.32. The summed E-state index contributed by atoms with van der Waals surface area (Å²) in [6, 6.07) is 11.8. The number of hydrogen-bond donors (Lipinski definition) is 5. The van der Waals surface area contributed by atoms with Gasteiger partial charge in [-0.05, 0) is 36.5 Å². The zero-order valence-corrected chi connectivity index (χ0v) is 22.6. The summed E-state index contributed by atoms with van der Waals surface area (Å²) in [4.78, 5) is 69.5. The molecule has 41 heavy (non-hydrogen) atoms. The smallest absolute Gasteiger partial charge is 0.317 e. The fourth-order valence-corrected chi connectivity index (χ4v) is 4.93. The number of fused-ring (bicyclic) bond motifs is 1. The summed E-state index contributed by atoms with van der Waals surface area (Å²) in [5, 5.41) is 11.3. The van der Waals surface area contributed by atoms with Crippen LogP contribution >= 0.6 is 0 Å². The van der Waals surface area contributed by atoms with Gasteiger partial charge in [-0.1, -0.05) is 36.4 Å². The monoisotopic (exact) mass is 560 g/mol. The number of ketones is 1. The van der Waals surface area contributed by atoms with Crippen molar-refractivity contribution in [2.75, 3.05) is 26.7 Å². The van der Waals surface area contributed by atoms with Crippen LogP contribution in [0.5, 0.6) is 5.75 Å². The van der Waals surface area contributed by atoms with Gasteiger partial charge in [0.2, 0.25) is 11.7 Å². The van der Waals surface area contributed by atoms with Gasteiger partial charge >= 0.3 is 6.03 Å². The average molecular weight is 561 g/mol. The maximum absolute atomic E-state index is 13.5. The molecule has 1 unspecified atom stereocenters. The molecule has 1 saturated heterocycles. The molecule has 3 aromatic rings. The van der Waals surface area contributed by atoms with E-state index in [9.17, 15) is 24.0 Å². The van der Waals surface area contributed by atoms with Crippen LogP contribution < -0.4 is 26.0 Å². The number of nitrogens with zero attached hydrogens (tertiary/aromatic N) is 1. The normalized spacial score (nSPS) is 16.0. The van der Waals surface area contributed by atoms with Gasteiger partial charge in [0.1, 0.15) is 17.8 Å². The number of aromatic amines is 1. The standard InChI is InChI=1S/C29H32N6O6/c1-41-22-9-5-8-20-23(22)19(15-31-20)26(37)34-24(18-10-11-18)27(38)33-21(16-35-13-12-30-29(35)40)25(36)28(39)32-14-17-6-3-2-4-7-17/h2-9,15,18,21,24,31H,10-14,16H2,1H3,(H,30,40)(H,32,39)(H,33,38)(H,34,37)/t21-,24?/m0/s1. The highest BCUT2D eigenvalue weighted by Gasteiger charge is 2.40. The number of amides is 5. The van der Waals surface area contributed by atoms with E-state index >= 15 is 0 Å². The first-order valence-corrected chi connectivity index (χ1v) is 13.5. The van der Waals surface area contributed by atoms with Crippen molar-refractivity contribution >= 4 is 40.4 Å². The van der Waals surface area contributed by atoms with Crippen molar-refractivity contribution in [2.24, 2.45) is 5.92 Å². The van der Waals surface area contributed by atoms with Crippen LogP contribution in [0, 0.1) is 5.92 Å². The zero-order chi connectivity index (χ0) is 28.9. The van der Waals surface area contributed by atoms with Gasteiger partial charge in [0.15, 0.2) is 0 Å². The molecule has 1 aliphatic carbocycles. The predicted molar refractivity (Wildman–Crippen MR) is 149 cm³/mol. The zero-order valence-electron chi connectivity index (χ0n) is 22.6. The molecule has 5 rings (SSSR count). The summed E-state index contributed by atoms with van der Waals surface area (Å²) < 4.78 is 5.42. The highest BCUT2D eigenvalue weighted by molar-refractivity contribution is 6.38. The number of methoxy groups -OCH3 is 1. The summed E-state index contributed by atoms with van der Waals surface area (Å²) in [5.74, 6) is -2.44. The van der Waals surface area contributed by atoms with Crippen molar-refractivity contribution in [3.63, 3.8) is 0 Å². The van der Waals surface area contributed by atoms with Crippen molar-refractivity contribution in [1.82, 2.24) is 31.2 Å². The summed E-state index contributed by atoms with van der Waals surface area (Å²) in [6.45, 7) is 0.670. The van der Waals surface area contributed by atoms with Crippen LogP contribution in [-0.4, -0.2) is 78.2 Å². The fraction of sp³-hybridized carbons (Fsp3) is 0.345. The first kappa shape index (κ1) is 27.7. The third-order valence-electron chi connectivity index (χ3n) is 7.30. The minimum atomic E-state index is -1.30. The second-order valence-electron chi connectivity index (χ2n) is 10.1. The number of H-pyrrole nitrogens is 1. The van der Waals surface area contributed by atoms with E-state index in [4.69, 9.17) is 4.74 Å². The molecular formula is C29H32N6O6. The van der Waals surface area contributed by atoms with E-state index in [0.29, 0.717) is 35.3 Å². The van der Waals surface area contributed by atoms with Gasteiger partial charge in [-0.15, -0.1) is 0 Å². The van der Waals surface area contributed by atoms with Gasteiger partial charge in [0.05, 0.1) is 24.6 Å². The lowest BCUT2D eigenvalue weighted by molar-refractivity contribution is -0.140. The first-order valence-electron chi connectivity index (χ1n) is 13.5. The molecule has 2 heterocycles. The highest BCUT2D eigenvalue weighted by atomic mass is 16.5. The number of Topliss-reactive ketones (excluding diaryl/α,β-unsaturated/α-hetero) is 1. The van der Waals surface area contributed by atoms with Crippen LogP contribution in [0.15, 0.2) is 54.7 Å². The van der Waals surface area contributed by atoms with E-state index < -0.39 is 35.6 Å². The Bertz CT molecular complexity index is 1470. The van der Waals surface area contributed by atoms with Crippen molar-refractivity contribution in [1.29, 1.82) is 0 Å². The topological polar surface area (TPSA) is 162 Å². The minimum absolute atomic E-state index is 0.121. The van der Waals surface area contributed by atoms with Crippen molar-refractivity contribution in [3.8, 4) is 5.75 Å². The molecular weight excluding hydrogens is 528 g/mol. The van der Waals surface area contributed by atoms with Crippen LogP contribution in [-0.2, 0) is 20.9 Å². The number of rotatable bonds is 12. The van der Waals surface area contributed by atoms with Gasteiger partial charge in [0, 0.05) is 31.3 Å². The Hall–Kier alpha value is -4.87.